The van der Waals surface area contributed by atoms with Gasteiger partial charge in [0.15, 0.2) is 0 Å². The molecule has 0 aliphatic carbocycles. The molecule has 118 valence electrons. The molecule has 4 rings (SSSR count). The van der Waals surface area contributed by atoms with Crippen LogP contribution in [0, 0.1) is 5.92 Å². The smallest absolute Gasteiger partial charge is 0.229 e. The number of rotatable bonds is 3. The van der Waals surface area contributed by atoms with Gasteiger partial charge in [-0.25, -0.2) is 0 Å². The lowest BCUT2D eigenvalue weighted by Crippen LogP contribution is -2.28. The van der Waals surface area contributed by atoms with Gasteiger partial charge in [-0.1, -0.05) is 6.07 Å². The molecule has 0 unspecified atom stereocenters. The van der Waals surface area contributed by atoms with Crippen LogP contribution in [0.3, 0.4) is 0 Å². The van der Waals surface area contributed by atoms with E-state index in [4.69, 9.17) is 0 Å². The van der Waals surface area contributed by atoms with E-state index in [1.807, 2.05) is 49.9 Å². The van der Waals surface area contributed by atoms with Gasteiger partial charge in [0.05, 0.1) is 17.8 Å². The number of anilines is 1. The predicted octanol–water partition coefficient (Wildman–Crippen LogP) is 1.84. The second-order valence-electron chi connectivity index (χ2n) is 6.05. The van der Waals surface area contributed by atoms with Crippen molar-refractivity contribution in [1.29, 1.82) is 0 Å². The first-order chi connectivity index (χ1) is 11.2. The fourth-order valence-electron chi connectivity index (χ4n) is 3.36. The van der Waals surface area contributed by atoms with Crippen LogP contribution in [0.2, 0.25) is 0 Å². The fraction of sp³-hybridized carbons (Fsp3) is 0.294. The number of aryl methyl sites for hydroxylation is 1. The molecule has 0 spiro atoms. The minimum absolute atomic E-state index is 0.0533. The number of hydrogen-bond donors (Lipinski definition) is 3. The number of amides is 1. The van der Waals surface area contributed by atoms with Gasteiger partial charge in [0.1, 0.15) is 0 Å². The van der Waals surface area contributed by atoms with Gasteiger partial charge >= 0.3 is 0 Å². The normalized spacial score (nSPS) is 20.9. The second-order valence-corrected chi connectivity index (χ2v) is 6.05. The van der Waals surface area contributed by atoms with Crippen molar-refractivity contribution in [3.8, 4) is 0 Å². The highest BCUT2D eigenvalue weighted by molar-refractivity contribution is 6.02. The Kier molecular flexibility index (Phi) is 3.38. The summed E-state index contributed by atoms with van der Waals surface area (Å²) in [5.74, 6) is 0.125. The third kappa shape index (κ3) is 2.51. The van der Waals surface area contributed by atoms with Gasteiger partial charge in [-0.2, -0.15) is 5.10 Å². The standard InChI is InChI=1S/C17H19N5O/c1-22-10-11(7-20-22)13-8-18-9-14(13)17(23)21-16-4-2-3-15-12(16)5-6-19-15/h2-7,10,13-14,18-19H,8-9H2,1H3,(H,21,23)/t13-,14+/m1/s1. The lowest BCUT2D eigenvalue weighted by Gasteiger charge is -2.17. The van der Waals surface area contributed by atoms with Crippen molar-refractivity contribution in [2.45, 2.75) is 5.92 Å². The SMILES string of the molecule is Cn1cc([C@H]2CNC[C@@H]2C(=O)Nc2cccc3[nH]ccc23)cn1. The lowest BCUT2D eigenvalue weighted by molar-refractivity contribution is -0.119. The Hall–Kier alpha value is -2.60. The van der Waals surface area contributed by atoms with E-state index >= 15 is 0 Å². The molecule has 6 heteroatoms. The number of nitrogens with one attached hydrogen (secondary N) is 3. The molecule has 1 fully saturated rings. The minimum atomic E-state index is -0.0894. The molecular weight excluding hydrogens is 290 g/mol. The molecule has 1 aliphatic heterocycles. The fourth-order valence-corrected chi connectivity index (χ4v) is 3.36. The van der Waals surface area contributed by atoms with Crippen LogP contribution in [-0.2, 0) is 11.8 Å². The summed E-state index contributed by atoms with van der Waals surface area (Å²) in [6.45, 7) is 1.49. The number of aromatic nitrogens is 3. The average Bonchev–Trinajstić information content (AvgIpc) is 3.26. The molecular formula is C17H19N5O. The first-order valence-electron chi connectivity index (χ1n) is 7.78. The topological polar surface area (TPSA) is 74.7 Å². The maximum absolute atomic E-state index is 12.8. The molecule has 1 aliphatic rings. The van der Waals surface area contributed by atoms with Gasteiger partial charge < -0.3 is 15.6 Å². The van der Waals surface area contributed by atoms with Crippen LogP contribution in [0.25, 0.3) is 10.9 Å². The molecule has 1 saturated heterocycles. The Balaban J connectivity index is 1.57. The van der Waals surface area contributed by atoms with Gasteiger partial charge in [0, 0.05) is 49.4 Å². The highest BCUT2D eigenvalue weighted by Crippen LogP contribution is 2.30. The average molecular weight is 309 g/mol. The molecule has 2 aromatic heterocycles. The van der Waals surface area contributed by atoms with Crippen molar-refractivity contribution in [3.05, 3.63) is 48.4 Å². The summed E-state index contributed by atoms with van der Waals surface area (Å²) in [5, 5.41) is 11.7. The van der Waals surface area contributed by atoms with E-state index in [9.17, 15) is 4.79 Å². The molecule has 6 nitrogen and oxygen atoms in total. The van der Waals surface area contributed by atoms with Gasteiger partial charge in [0.25, 0.3) is 0 Å². The largest absolute Gasteiger partial charge is 0.361 e. The van der Waals surface area contributed by atoms with Crippen LogP contribution in [0.5, 0.6) is 0 Å². The maximum atomic E-state index is 12.8. The number of benzene rings is 1. The summed E-state index contributed by atoms with van der Waals surface area (Å²) in [6, 6.07) is 7.87. The summed E-state index contributed by atoms with van der Waals surface area (Å²) in [5.41, 5.74) is 2.99. The third-order valence-electron chi connectivity index (χ3n) is 4.56. The van der Waals surface area contributed by atoms with Crippen LogP contribution in [0.1, 0.15) is 11.5 Å². The molecule has 3 N–H and O–H groups in total. The number of H-pyrrole nitrogens is 1. The van der Waals surface area contributed by atoms with E-state index in [2.05, 4.69) is 20.7 Å². The minimum Gasteiger partial charge on any atom is -0.361 e. The van der Waals surface area contributed by atoms with Crippen molar-refractivity contribution < 1.29 is 4.79 Å². The molecule has 2 atom stereocenters. The van der Waals surface area contributed by atoms with Crippen molar-refractivity contribution in [2.24, 2.45) is 13.0 Å². The number of aromatic amines is 1. The molecule has 23 heavy (non-hydrogen) atoms. The summed E-state index contributed by atoms with van der Waals surface area (Å²) in [6.07, 6.45) is 5.73. The van der Waals surface area contributed by atoms with Gasteiger partial charge in [0.2, 0.25) is 5.91 Å². The zero-order valence-corrected chi connectivity index (χ0v) is 12.9. The van der Waals surface area contributed by atoms with Gasteiger partial charge in [-0.15, -0.1) is 0 Å². The first-order valence-corrected chi connectivity index (χ1v) is 7.78. The number of carbonyl (C=O) groups excluding carboxylic acids is 1. The Morgan fingerprint density at radius 1 is 1.35 bits per heavy atom. The molecule has 0 bridgehead atoms. The molecule has 1 aromatic carbocycles. The summed E-state index contributed by atoms with van der Waals surface area (Å²) < 4.78 is 1.78. The Morgan fingerprint density at radius 3 is 3.09 bits per heavy atom. The van der Waals surface area contributed by atoms with Crippen LogP contribution in [0.4, 0.5) is 5.69 Å². The van der Waals surface area contributed by atoms with Gasteiger partial charge in [-0.05, 0) is 23.8 Å². The predicted molar refractivity (Wildman–Crippen MR) is 89.2 cm³/mol. The van der Waals surface area contributed by atoms with E-state index < -0.39 is 0 Å². The van der Waals surface area contributed by atoms with Crippen LogP contribution in [-0.4, -0.2) is 33.8 Å². The second kappa shape index (κ2) is 5.55. The Bertz CT molecular complexity index is 849. The summed E-state index contributed by atoms with van der Waals surface area (Å²) in [4.78, 5) is 15.9. The molecule has 1 amide bonds. The van der Waals surface area contributed by atoms with E-state index in [1.54, 1.807) is 4.68 Å². The Morgan fingerprint density at radius 2 is 2.26 bits per heavy atom. The number of carbonyl (C=O) groups is 1. The van der Waals surface area contributed by atoms with Crippen LogP contribution < -0.4 is 10.6 Å². The van der Waals surface area contributed by atoms with Crippen molar-refractivity contribution in [2.75, 3.05) is 18.4 Å². The quantitative estimate of drug-likeness (QED) is 0.691. The molecule has 3 aromatic rings. The lowest BCUT2D eigenvalue weighted by atomic mass is 9.90. The summed E-state index contributed by atoms with van der Waals surface area (Å²) >= 11 is 0. The molecule has 3 heterocycles. The zero-order chi connectivity index (χ0) is 15.8. The maximum Gasteiger partial charge on any atom is 0.229 e. The molecule has 0 radical (unpaired) electrons. The Labute approximate surface area is 133 Å². The van der Waals surface area contributed by atoms with Crippen molar-refractivity contribution >= 4 is 22.5 Å². The number of fused-ring (bicyclic) bond motifs is 1. The first kappa shape index (κ1) is 14.0. The molecule has 0 saturated carbocycles. The van der Waals surface area contributed by atoms with E-state index in [0.717, 1.165) is 28.7 Å². The monoisotopic (exact) mass is 309 g/mol. The van der Waals surface area contributed by atoms with E-state index in [-0.39, 0.29) is 17.7 Å². The highest BCUT2D eigenvalue weighted by atomic mass is 16.2. The number of hydrogen-bond acceptors (Lipinski definition) is 3. The van der Waals surface area contributed by atoms with Crippen LogP contribution in [0.15, 0.2) is 42.9 Å². The van der Waals surface area contributed by atoms with E-state index in [0.29, 0.717) is 6.54 Å². The van der Waals surface area contributed by atoms with Crippen molar-refractivity contribution in [1.82, 2.24) is 20.1 Å². The van der Waals surface area contributed by atoms with Crippen molar-refractivity contribution in [3.63, 3.8) is 0 Å². The zero-order valence-electron chi connectivity index (χ0n) is 12.9. The highest BCUT2D eigenvalue weighted by Gasteiger charge is 2.34. The summed E-state index contributed by atoms with van der Waals surface area (Å²) in [7, 11) is 1.90. The van der Waals surface area contributed by atoms with Crippen LogP contribution >= 0.6 is 0 Å². The van der Waals surface area contributed by atoms with Gasteiger partial charge in [-0.3, -0.25) is 9.48 Å². The number of nitrogens with zero attached hydrogens (tertiary/aromatic N) is 2. The third-order valence-corrected chi connectivity index (χ3v) is 4.56. The van der Waals surface area contributed by atoms with E-state index in [1.165, 1.54) is 0 Å².